The van der Waals surface area contributed by atoms with Crippen LogP contribution in [-0.4, -0.2) is 4.40 Å². The fourth-order valence-corrected chi connectivity index (χ4v) is 6.06. The summed E-state index contributed by atoms with van der Waals surface area (Å²) in [6.07, 6.45) is 0. The summed E-state index contributed by atoms with van der Waals surface area (Å²) in [5, 5.41) is 7.16. The molecule has 0 aliphatic carbocycles. The second-order valence-electron chi connectivity index (χ2n) is 9.70. The van der Waals surface area contributed by atoms with E-state index in [4.69, 9.17) is 4.74 Å². The smallest absolute Gasteiger partial charge is 0.256 e. The maximum Gasteiger partial charge on any atom is 0.256 e. The Bertz CT molecular complexity index is 2320. The minimum atomic E-state index is -0.116. The Morgan fingerprint density at radius 3 is 2.16 bits per heavy atom. The molecule has 8 aromatic rings. The molecule has 0 saturated carbocycles. The molecular weight excluding hydrogens is 458 g/mol. The van der Waals surface area contributed by atoms with Gasteiger partial charge in [-0.05, 0) is 47.3 Å². The van der Waals surface area contributed by atoms with Crippen LogP contribution in [-0.2, 0) is 0 Å². The van der Waals surface area contributed by atoms with Crippen molar-refractivity contribution in [1.82, 2.24) is 4.40 Å². The first-order chi connectivity index (χ1) is 18.1. The number of benzene rings is 6. The number of pyridine rings is 2. The molecule has 174 valence electrons. The van der Waals surface area contributed by atoms with Gasteiger partial charge in [-0.3, -0.25) is 14.0 Å². The molecule has 0 N–H and O–H groups in total. The van der Waals surface area contributed by atoms with Crippen LogP contribution >= 0.6 is 0 Å². The van der Waals surface area contributed by atoms with Crippen LogP contribution < -0.4 is 15.7 Å². The molecular formula is C33H19NO3. The summed E-state index contributed by atoms with van der Waals surface area (Å²) in [4.78, 5) is 28.0. The van der Waals surface area contributed by atoms with Gasteiger partial charge in [0.15, 0.2) is 5.43 Å². The fraction of sp³-hybridized carbons (Fsp3) is 0.0303. The van der Waals surface area contributed by atoms with Crippen molar-refractivity contribution in [2.24, 2.45) is 0 Å². The number of rotatable bonds is 2. The van der Waals surface area contributed by atoms with Gasteiger partial charge in [0.05, 0.1) is 16.4 Å². The van der Waals surface area contributed by atoms with Crippen LogP contribution in [0.4, 0.5) is 0 Å². The lowest BCUT2D eigenvalue weighted by molar-refractivity contribution is 0.493. The molecule has 0 radical (unpaired) electrons. The standard InChI is InChI=1S/C33H19NO3/c1-18-14-15-26-24(16-18)21-12-7-13-23-28(21)31-29-25(17-27(35)34(26)31)20-10-5-6-11-22(20)32(36)30(29)33(23)37-19-8-3-2-4-9-19/h2-17H,1H3. The highest BCUT2D eigenvalue weighted by molar-refractivity contribution is 6.34. The molecule has 0 aliphatic rings. The molecule has 4 heteroatoms. The third-order valence-corrected chi connectivity index (χ3v) is 7.58. The highest BCUT2D eigenvalue weighted by atomic mass is 16.5. The summed E-state index contributed by atoms with van der Waals surface area (Å²) in [6.45, 7) is 2.05. The number of aromatic nitrogens is 1. The highest BCUT2D eigenvalue weighted by Gasteiger charge is 2.25. The molecule has 0 saturated heterocycles. The number of hydrogen-bond acceptors (Lipinski definition) is 3. The third kappa shape index (κ3) is 2.56. The molecule has 4 nitrogen and oxygen atoms in total. The van der Waals surface area contributed by atoms with Gasteiger partial charge in [0.1, 0.15) is 11.5 Å². The van der Waals surface area contributed by atoms with Gasteiger partial charge in [-0.1, -0.05) is 72.3 Å². The van der Waals surface area contributed by atoms with Gasteiger partial charge in [-0.2, -0.15) is 0 Å². The average Bonchev–Trinajstić information content (AvgIpc) is 2.93. The van der Waals surface area contributed by atoms with Gasteiger partial charge in [0.25, 0.3) is 5.56 Å². The van der Waals surface area contributed by atoms with Crippen molar-refractivity contribution in [3.05, 3.63) is 123 Å². The first-order valence-electron chi connectivity index (χ1n) is 12.3. The van der Waals surface area contributed by atoms with E-state index in [1.54, 1.807) is 10.5 Å². The molecule has 0 atom stereocenters. The van der Waals surface area contributed by atoms with Gasteiger partial charge in [-0.25, -0.2) is 0 Å². The van der Waals surface area contributed by atoms with E-state index >= 15 is 0 Å². The van der Waals surface area contributed by atoms with Crippen molar-refractivity contribution in [1.29, 1.82) is 0 Å². The largest absolute Gasteiger partial charge is 0.456 e. The number of aryl methyl sites for hydroxylation is 1. The van der Waals surface area contributed by atoms with E-state index in [1.165, 1.54) is 0 Å². The van der Waals surface area contributed by atoms with E-state index in [-0.39, 0.29) is 11.0 Å². The van der Waals surface area contributed by atoms with E-state index in [0.717, 1.165) is 54.3 Å². The van der Waals surface area contributed by atoms with Crippen molar-refractivity contribution >= 4 is 59.5 Å². The van der Waals surface area contributed by atoms with E-state index in [0.29, 0.717) is 22.3 Å². The zero-order valence-corrected chi connectivity index (χ0v) is 19.9. The van der Waals surface area contributed by atoms with Crippen LogP contribution in [0.5, 0.6) is 11.5 Å². The molecule has 2 aromatic heterocycles. The lowest BCUT2D eigenvalue weighted by Gasteiger charge is -2.21. The summed E-state index contributed by atoms with van der Waals surface area (Å²) >= 11 is 0. The van der Waals surface area contributed by atoms with Crippen molar-refractivity contribution in [2.75, 3.05) is 0 Å². The molecule has 0 bridgehead atoms. The highest BCUT2D eigenvalue weighted by Crippen LogP contribution is 2.46. The number of para-hydroxylation sites is 1. The summed E-state index contributed by atoms with van der Waals surface area (Å²) in [5.41, 5.74) is 2.50. The number of hydrogen-bond donors (Lipinski definition) is 0. The molecule has 37 heavy (non-hydrogen) atoms. The SMILES string of the molecule is Cc1ccc2c(c1)c1cccc3c(Oc4ccccc4)c4c(=O)c5ccccc5c5cc(=O)n2c(c31)c45. The quantitative estimate of drug-likeness (QED) is 0.192. The first kappa shape index (κ1) is 20.3. The van der Waals surface area contributed by atoms with E-state index in [9.17, 15) is 9.59 Å². The maximum absolute atomic E-state index is 14.2. The van der Waals surface area contributed by atoms with E-state index in [2.05, 4.69) is 19.1 Å². The lowest BCUT2D eigenvalue weighted by atomic mass is 9.90. The Hall–Kier alpha value is -4.96. The van der Waals surface area contributed by atoms with Crippen LogP contribution in [0.3, 0.4) is 0 Å². The van der Waals surface area contributed by atoms with Crippen molar-refractivity contribution < 1.29 is 4.74 Å². The van der Waals surface area contributed by atoms with Crippen LogP contribution in [0.15, 0.2) is 107 Å². The summed E-state index contributed by atoms with van der Waals surface area (Å²) < 4.78 is 8.33. The molecule has 0 unspecified atom stereocenters. The molecule has 8 rings (SSSR count). The monoisotopic (exact) mass is 477 g/mol. The molecule has 2 heterocycles. The van der Waals surface area contributed by atoms with E-state index < -0.39 is 0 Å². The zero-order valence-electron chi connectivity index (χ0n) is 19.9. The average molecular weight is 478 g/mol. The Morgan fingerprint density at radius 1 is 0.595 bits per heavy atom. The van der Waals surface area contributed by atoms with Gasteiger partial charge >= 0.3 is 0 Å². The molecule has 0 amide bonds. The van der Waals surface area contributed by atoms with Gasteiger partial charge < -0.3 is 4.74 Å². The molecule has 0 aliphatic heterocycles. The Morgan fingerprint density at radius 2 is 1.32 bits per heavy atom. The van der Waals surface area contributed by atoms with Gasteiger partial charge in [0, 0.05) is 33.0 Å². The Kier molecular flexibility index (Phi) is 3.86. The number of fused-ring (bicyclic) bond motifs is 5. The van der Waals surface area contributed by atoms with E-state index in [1.807, 2.05) is 78.9 Å². The Balaban J connectivity index is 1.77. The van der Waals surface area contributed by atoms with Crippen LogP contribution in [0.2, 0.25) is 0 Å². The first-order valence-corrected chi connectivity index (χ1v) is 12.3. The minimum Gasteiger partial charge on any atom is -0.456 e. The third-order valence-electron chi connectivity index (χ3n) is 7.58. The minimum absolute atomic E-state index is 0.0961. The van der Waals surface area contributed by atoms with Crippen molar-refractivity contribution in [3.8, 4) is 11.5 Å². The van der Waals surface area contributed by atoms with Gasteiger partial charge in [-0.15, -0.1) is 0 Å². The Labute approximate surface area is 210 Å². The second kappa shape index (κ2) is 7.05. The molecule has 6 aromatic carbocycles. The van der Waals surface area contributed by atoms with Gasteiger partial charge in [0.2, 0.25) is 0 Å². The van der Waals surface area contributed by atoms with Crippen molar-refractivity contribution in [2.45, 2.75) is 6.92 Å². The molecule has 0 spiro atoms. The number of nitrogens with zero attached hydrogens (tertiary/aromatic N) is 1. The predicted molar refractivity (Wildman–Crippen MR) is 151 cm³/mol. The normalized spacial score (nSPS) is 12.1. The fourth-order valence-electron chi connectivity index (χ4n) is 6.06. The summed E-state index contributed by atoms with van der Waals surface area (Å²) in [5.74, 6) is 1.18. The zero-order chi connectivity index (χ0) is 24.8. The van der Waals surface area contributed by atoms with Crippen molar-refractivity contribution in [3.63, 3.8) is 0 Å². The second-order valence-corrected chi connectivity index (χ2v) is 9.70. The predicted octanol–water partition coefficient (Wildman–Crippen LogP) is 7.40. The summed E-state index contributed by atoms with van der Waals surface area (Å²) in [7, 11) is 0. The molecule has 0 fully saturated rings. The van der Waals surface area contributed by atoms with Crippen LogP contribution in [0.1, 0.15) is 5.56 Å². The topological polar surface area (TPSA) is 47.8 Å². The van der Waals surface area contributed by atoms with Crippen LogP contribution in [0, 0.1) is 6.92 Å². The number of ether oxygens (including phenoxy) is 1. The maximum atomic E-state index is 14.2. The van der Waals surface area contributed by atoms with Crippen LogP contribution in [0.25, 0.3) is 59.5 Å². The summed E-state index contributed by atoms with van der Waals surface area (Å²) in [6, 6.07) is 31.0. The lowest BCUT2D eigenvalue weighted by Crippen LogP contribution is -2.17.